The number of nitrogens with zero attached hydrogens (tertiary/aromatic N) is 1. The third-order valence-electron chi connectivity index (χ3n) is 13.5. The summed E-state index contributed by atoms with van der Waals surface area (Å²) in [4.78, 5) is 45.6. The van der Waals surface area contributed by atoms with Gasteiger partial charge in [0, 0.05) is 18.9 Å². The van der Waals surface area contributed by atoms with Gasteiger partial charge in [-0.05, 0) is 153 Å². The standard InChI is InChI=1S/C17H38O3Si2.C12H14F3NO3S.C12H24O2.C11H22O4.C8H14F3NO3S.2K/c1-9-11-14-21(5,6)20-22(7,8)15-12-13-19-16(18)17(3,4)10-2;1-3-8(2)9-4-6-10(7-5-9)11(17)16-20(18,19)12(13,14)15;1-6-12(4,5)11(13)14-9-7-8-10(2)3;1-4-10(3)11(12)15-9-8-14-7-6-13-5-2;1-6(2)4-3-5-7(13)12-16(14,15)8(9,10)11;;/h9-15H2,1-8H3;4-8H,3H2,1-2H3,(H,16,17);10H,6-9H2,1-5H3;10H,4-9H2,1-3H3;6H,3-5H2,1-2H3,(H,12,13);;/q;;;;;2*+1/p-1. The molecule has 17 nitrogen and oxygen atoms in total. The minimum Gasteiger partial charge on any atom is -0.858 e. The molecule has 0 spiro atoms. The normalized spacial score (nSPS) is 13.0. The number of hydrogen-bond acceptors (Lipinski definition) is 15. The van der Waals surface area contributed by atoms with Crippen molar-refractivity contribution in [2.45, 2.75) is 243 Å². The van der Waals surface area contributed by atoms with Crippen LogP contribution < -0.4 is 113 Å². The second kappa shape index (κ2) is 50.9. The van der Waals surface area contributed by atoms with Crippen molar-refractivity contribution in [1.82, 2.24) is 4.72 Å². The van der Waals surface area contributed by atoms with Gasteiger partial charge >= 0.3 is 152 Å². The number of amides is 1. The average molecular weight is 1410 g/mol. The SMILES string of the molecule is CC(C)CCCC(=O)NS(=O)(=O)C(F)(F)F.CCC(C)(C)C(=O)OCCCC(C)C.CCC(C)c1ccc(C([O-])=NS(=O)(=O)C(F)(F)F)cc1.CCCC[Si](C)(C)O[Si](C)(C)CCCOC(=O)C(C)(C)CC.CCOCCOCCOC(=O)C(C)CC.[K+].[K+]. The van der Waals surface area contributed by atoms with Gasteiger partial charge in [0.05, 0.1) is 49.8 Å². The molecule has 0 saturated carbocycles. The van der Waals surface area contributed by atoms with Gasteiger partial charge in [-0.25, -0.2) is 4.72 Å². The van der Waals surface area contributed by atoms with Crippen LogP contribution in [0.1, 0.15) is 205 Å². The fraction of sp³-hybridized carbons (Fsp3) is 0.817. The summed E-state index contributed by atoms with van der Waals surface area (Å²) in [6.07, 6.45) is 9.63. The van der Waals surface area contributed by atoms with Gasteiger partial charge < -0.3 is 32.9 Å². The van der Waals surface area contributed by atoms with Crippen molar-refractivity contribution in [3.8, 4) is 0 Å². The summed E-state index contributed by atoms with van der Waals surface area (Å²) < 4.78 is 150. The number of carbonyl (C=O) groups is 4. The Labute approximate surface area is 619 Å². The van der Waals surface area contributed by atoms with Crippen molar-refractivity contribution in [2.24, 2.45) is 33.0 Å². The van der Waals surface area contributed by atoms with E-state index in [0.29, 0.717) is 70.9 Å². The molecule has 0 saturated heterocycles. The fourth-order valence-corrected chi connectivity index (χ4v) is 16.6. The van der Waals surface area contributed by atoms with Crippen LogP contribution in [0.5, 0.6) is 0 Å². The van der Waals surface area contributed by atoms with Crippen molar-refractivity contribution in [1.29, 1.82) is 0 Å². The van der Waals surface area contributed by atoms with Crippen molar-refractivity contribution < 1.29 is 198 Å². The third-order valence-corrected chi connectivity index (χ3v) is 23.1. The molecule has 1 rings (SSSR count). The number of nitrogens with one attached hydrogen (secondary N) is 1. The van der Waals surface area contributed by atoms with Gasteiger partial charge in [-0.2, -0.15) is 47.6 Å². The fourth-order valence-electron chi connectivity index (χ4n) is 6.66. The minimum absolute atomic E-state index is 0. The van der Waals surface area contributed by atoms with Crippen molar-refractivity contribution in [3.63, 3.8) is 0 Å². The first kappa shape index (κ1) is 99.7. The van der Waals surface area contributed by atoms with Gasteiger partial charge in [0.1, 0.15) is 6.61 Å². The van der Waals surface area contributed by atoms with E-state index in [4.69, 9.17) is 27.8 Å². The van der Waals surface area contributed by atoms with Gasteiger partial charge in [-0.3, -0.25) is 19.2 Å². The summed E-state index contributed by atoms with van der Waals surface area (Å²) in [6, 6.07) is 7.97. The molecule has 0 bridgehead atoms. The van der Waals surface area contributed by atoms with Crippen LogP contribution in [0.3, 0.4) is 0 Å². The van der Waals surface area contributed by atoms with E-state index in [1.54, 1.807) is 12.1 Å². The van der Waals surface area contributed by atoms with E-state index >= 15 is 0 Å². The number of hydrogen-bond donors (Lipinski definition) is 1. The van der Waals surface area contributed by atoms with E-state index in [1.807, 2.05) is 90.0 Å². The predicted molar refractivity (Wildman–Crippen MR) is 336 cm³/mol. The molecule has 1 aromatic rings. The maximum absolute atomic E-state index is 12.1. The Bertz CT molecular complexity index is 2330. The third kappa shape index (κ3) is 50.7. The monoisotopic (exact) mass is 1410 g/mol. The van der Waals surface area contributed by atoms with E-state index in [2.05, 4.69) is 51.4 Å². The summed E-state index contributed by atoms with van der Waals surface area (Å²) in [5.74, 6) is -1.64. The Hall–Kier alpha value is -0.364. The van der Waals surface area contributed by atoms with Gasteiger partial charge in [0.25, 0.3) is 0 Å². The van der Waals surface area contributed by atoms with Gasteiger partial charge in [0.15, 0.2) is 16.6 Å². The maximum atomic E-state index is 12.1. The zero-order chi connectivity index (χ0) is 68.7. The maximum Gasteiger partial charge on any atom is 1.00 e. The van der Waals surface area contributed by atoms with Crippen molar-refractivity contribution in [2.75, 3.05) is 46.2 Å². The quantitative estimate of drug-likeness (QED) is 0.0127. The Balaban J connectivity index is -0.000000243. The molecule has 0 aliphatic heterocycles. The number of benzene rings is 1. The number of rotatable bonds is 35. The first-order valence-electron chi connectivity index (χ1n) is 30.4. The summed E-state index contributed by atoms with van der Waals surface area (Å²) in [5.41, 5.74) is -11.0. The Morgan fingerprint density at radius 3 is 1.44 bits per heavy atom. The second-order valence-corrected chi connectivity index (χ2v) is 36.5. The Kier molecular flexibility index (Phi) is 57.1. The van der Waals surface area contributed by atoms with Crippen molar-refractivity contribution in [3.05, 3.63) is 35.4 Å². The Morgan fingerprint density at radius 1 is 0.596 bits per heavy atom. The molecule has 2 atom stereocenters. The summed E-state index contributed by atoms with van der Waals surface area (Å²) in [6.45, 7) is 44.8. The number of alkyl halides is 6. The van der Waals surface area contributed by atoms with E-state index in [9.17, 15) is 67.5 Å². The minimum atomic E-state index is -5.80. The van der Waals surface area contributed by atoms with Crippen LogP contribution in [0.15, 0.2) is 28.7 Å². The molecule has 0 aliphatic carbocycles. The van der Waals surface area contributed by atoms with Gasteiger partial charge in [0.2, 0.25) is 5.91 Å². The van der Waals surface area contributed by atoms with E-state index in [1.165, 1.54) is 31.0 Å². The van der Waals surface area contributed by atoms with Crippen LogP contribution in [0.25, 0.3) is 0 Å². The number of ether oxygens (including phenoxy) is 5. The number of sulfonamides is 2. The largest absolute Gasteiger partial charge is 1.00 e. The van der Waals surface area contributed by atoms with Gasteiger partial charge in [-0.1, -0.05) is 120 Å². The molecule has 29 heteroatoms. The molecule has 1 N–H and O–H groups in total. The molecule has 0 aromatic heterocycles. The average Bonchev–Trinajstić information content (AvgIpc) is 3.12. The van der Waals surface area contributed by atoms with Crippen LogP contribution in [0.2, 0.25) is 38.3 Å². The molecule has 0 aliphatic rings. The molecule has 89 heavy (non-hydrogen) atoms. The first-order chi connectivity index (χ1) is 39.7. The van der Waals surface area contributed by atoms with Crippen LogP contribution in [-0.2, 0) is 67.0 Å². The summed E-state index contributed by atoms with van der Waals surface area (Å²) >= 11 is 0. The first-order valence-corrected chi connectivity index (χ1v) is 39.5. The molecule has 0 radical (unpaired) electrons. The zero-order valence-corrected chi connectivity index (χ0v) is 68.0. The molecule has 0 fully saturated rings. The molecular formula is C60H111F6K2N2O15S2Si2+. The van der Waals surface area contributed by atoms with E-state index in [-0.39, 0.29) is 155 Å². The number of esters is 3. The number of halogens is 6. The predicted octanol–water partition coefficient (Wildman–Crippen LogP) is 8.56. The zero-order valence-electron chi connectivity index (χ0n) is 58.1. The number of unbranched alkanes of at least 4 members (excludes halogenated alkanes) is 1. The summed E-state index contributed by atoms with van der Waals surface area (Å²) in [7, 11) is -14.5. The molecule has 1 amide bonds. The molecule has 0 heterocycles. The van der Waals surface area contributed by atoms with E-state index < -0.39 is 59.5 Å². The van der Waals surface area contributed by atoms with Crippen LogP contribution in [0, 0.1) is 28.6 Å². The molecule has 514 valence electrons. The van der Waals surface area contributed by atoms with Crippen molar-refractivity contribution >= 4 is 66.4 Å². The van der Waals surface area contributed by atoms with Crippen LogP contribution >= 0.6 is 0 Å². The second-order valence-electron chi connectivity index (χ2n) is 24.4. The molecular weight excluding hydrogens is 1300 g/mol. The molecule has 2 unspecified atom stereocenters. The Morgan fingerprint density at radius 2 is 1.03 bits per heavy atom. The van der Waals surface area contributed by atoms with Crippen LogP contribution in [-0.4, -0.2) is 120 Å². The number of carbonyl (C=O) groups excluding carboxylic acids is 4. The smallest absolute Gasteiger partial charge is 0.858 e. The van der Waals surface area contributed by atoms with Gasteiger partial charge in [-0.15, -0.1) is 0 Å². The summed E-state index contributed by atoms with van der Waals surface area (Å²) in [5, 5.41) is 11.4. The van der Waals surface area contributed by atoms with E-state index in [0.717, 1.165) is 61.3 Å². The topological polar surface area (TPSA) is 239 Å². The molecule has 1 aromatic carbocycles. The van der Waals surface area contributed by atoms with Crippen LogP contribution in [0.4, 0.5) is 26.3 Å².